The predicted octanol–water partition coefficient (Wildman–Crippen LogP) is 1.64. The van der Waals surface area contributed by atoms with Crippen LogP contribution in [0.2, 0.25) is 0 Å². The third-order valence-corrected chi connectivity index (χ3v) is 4.52. The van der Waals surface area contributed by atoms with Crippen LogP contribution in [0, 0.1) is 6.92 Å². The molecule has 10 heteroatoms. The van der Waals surface area contributed by atoms with E-state index in [1.165, 1.54) is 24.5 Å². The number of aromatic carboxylic acids is 1. The SMILES string of the molecule is Cc1nc(C(=O)N2CCN(Cc3nccn3C(F)F)CC2)ccc1C(=O)O. The zero-order valence-electron chi connectivity index (χ0n) is 14.7. The van der Waals surface area contributed by atoms with Crippen molar-refractivity contribution in [2.45, 2.75) is 20.0 Å². The summed E-state index contributed by atoms with van der Waals surface area (Å²) in [5, 5.41) is 9.04. The maximum absolute atomic E-state index is 12.9. The molecule has 3 heterocycles. The minimum absolute atomic E-state index is 0.0610. The average Bonchev–Trinajstić information content (AvgIpc) is 3.10. The number of carboxylic acid groups (broad SMARTS) is 1. The van der Waals surface area contributed by atoms with Gasteiger partial charge in [0.05, 0.1) is 17.8 Å². The van der Waals surface area contributed by atoms with E-state index >= 15 is 0 Å². The highest BCUT2D eigenvalue weighted by atomic mass is 19.3. The second-order valence-corrected chi connectivity index (χ2v) is 6.23. The van der Waals surface area contributed by atoms with Gasteiger partial charge in [-0.2, -0.15) is 8.78 Å². The number of pyridine rings is 1. The van der Waals surface area contributed by atoms with E-state index in [1.54, 1.807) is 11.8 Å². The number of imidazole rings is 1. The van der Waals surface area contributed by atoms with Crippen LogP contribution < -0.4 is 0 Å². The minimum atomic E-state index is -2.63. The number of carbonyl (C=O) groups excluding carboxylic acids is 1. The zero-order chi connectivity index (χ0) is 19.6. The summed E-state index contributed by atoms with van der Waals surface area (Å²) in [4.78, 5) is 35.3. The molecule has 0 aliphatic carbocycles. The van der Waals surface area contributed by atoms with E-state index in [-0.39, 0.29) is 35.2 Å². The molecule has 0 saturated carbocycles. The fourth-order valence-electron chi connectivity index (χ4n) is 3.02. The Morgan fingerprint density at radius 3 is 2.52 bits per heavy atom. The van der Waals surface area contributed by atoms with Gasteiger partial charge in [0, 0.05) is 38.6 Å². The van der Waals surface area contributed by atoms with Gasteiger partial charge in [-0.1, -0.05) is 0 Å². The van der Waals surface area contributed by atoms with Gasteiger partial charge in [-0.25, -0.2) is 14.8 Å². The standard InChI is InChI=1S/C17H19F2N5O3/c1-11-12(16(26)27)2-3-13(21-11)15(25)23-8-6-22(7-9-23)10-14-20-4-5-24(14)17(18)19/h2-5,17H,6-10H2,1H3,(H,26,27). The van der Waals surface area contributed by atoms with Gasteiger partial charge >= 0.3 is 12.5 Å². The highest BCUT2D eigenvalue weighted by Gasteiger charge is 2.25. The molecule has 1 aliphatic heterocycles. The second-order valence-electron chi connectivity index (χ2n) is 6.23. The molecule has 0 radical (unpaired) electrons. The van der Waals surface area contributed by atoms with Gasteiger partial charge in [-0.15, -0.1) is 0 Å². The van der Waals surface area contributed by atoms with E-state index in [9.17, 15) is 18.4 Å². The Bertz CT molecular complexity index is 847. The van der Waals surface area contributed by atoms with E-state index in [0.717, 1.165) is 4.57 Å². The summed E-state index contributed by atoms with van der Waals surface area (Å²) in [5.41, 5.74) is 0.538. The molecule has 3 rings (SSSR count). The van der Waals surface area contributed by atoms with Crippen molar-refractivity contribution in [3.05, 3.63) is 47.3 Å². The molecule has 1 fully saturated rings. The fourth-order valence-corrected chi connectivity index (χ4v) is 3.02. The quantitative estimate of drug-likeness (QED) is 0.849. The van der Waals surface area contributed by atoms with Crippen molar-refractivity contribution in [3.8, 4) is 0 Å². The molecule has 1 amide bonds. The molecule has 0 bridgehead atoms. The number of aryl methyl sites for hydroxylation is 1. The molecule has 8 nitrogen and oxygen atoms in total. The number of halogens is 2. The maximum atomic E-state index is 12.9. The number of hydrogen-bond acceptors (Lipinski definition) is 5. The van der Waals surface area contributed by atoms with Crippen molar-refractivity contribution in [2.75, 3.05) is 26.2 Å². The van der Waals surface area contributed by atoms with Crippen molar-refractivity contribution in [2.24, 2.45) is 0 Å². The fraction of sp³-hybridized carbons (Fsp3) is 0.412. The number of piperazine rings is 1. The molecule has 27 heavy (non-hydrogen) atoms. The van der Waals surface area contributed by atoms with E-state index in [1.807, 2.05) is 4.90 Å². The predicted molar refractivity (Wildman–Crippen MR) is 90.6 cm³/mol. The number of rotatable bonds is 5. The third kappa shape index (κ3) is 4.11. The highest BCUT2D eigenvalue weighted by Crippen LogP contribution is 2.16. The number of amides is 1. The van der Waals surface area contributed by atoms with E-state index in [4.69, 9.17) is 5.11 Å². The zero-order valence-corrected chi connectivity index (χ0v) is 14.7. The normalized spacial score (nSPS) is 15.3. The smallest absolute Gasteiger partial charge is 0.337 e. The number of hydrogen-bond donors (Lipinski definition) is 1. The molecule has 144 valence electrons. The molecule has 2 aromatic rings. The number of aromatic nitrogens is 3. The topological polar surface area (TPSA) is 91.6 Å². The number of nitrogens with zero attached hydrogens (tertiary/aromatic N) is 5. The Morgan fingerprint density at radius 1 is 1.22 bits per heavy atom. The molecule has 1 N–H and O–H groups in total. The first-order valence-electron chi connectivity index (χ1n) is 8.39. The van der Waals surface area contributed by atoms with Crippen LogP contribution in [-0.2, 0) is 6.54 Å². The number of carbonyl (C=O) groups is 2. The summed E-state index contributed by atoms with van der Waals surface area (Å²) in [6.45, 7) is 1.09. The molecule has 2 aromatic heterocycles. The molecule has 0 aromatic carbocycles. The summed E-state index contributed by atoms with van der Waals surface area (Å²) in [7, 11) is 0. The second kappa shape index (κ2) is 7.78. The Labute approximate surface area is 154 Å². The first-order valence-corrected chi connectivity index (χ1v) is 8.39. The third-order valence-electron chi connectivity index (χ3n) is 4.52. The van der Waals surface area contributed by atoms with Crippen LogP contribution >= 0.6 is 0 Å². The Balaban J connectivity index is 1.60. The van der Waals surface area contributed by atoms with Gasteiger partial charge in [-0.05, 0) is 19.1 Å². The Morgan fingerprint density at radius 2 is 1.93 bits per heavy atom. The first kappa shape index (κ1) is 18.9. The van der Waals surface area contributed by atoms with Crippen molar-refractivity contribution in [3.63, 3.8) is 0 Å². The first-order chi connectivity index (χ1) is 12.9. The van der Waals surface area contributed by atoms with Crippen LogP contribution in [0.4, 0.5) is 8.78 Å². The van der Waals surface area contributed by atoms with Crippen molar-refractivity contribution in [1.29, 1.82) is 0 Å². The monoisotopic (exact) mass is 379 g/mol. The lowest BCUT2D eigenvalue weighted by molar-refractivity contribution is 0.0550. The molecule has 1 aliphatic rings. The lowest BCUT2D eigenvalue weighted by atomic mass is 10.1. The van der Waals surface area contributed by atoms with Crippen LogP contribution in [0.15, 0.2) is 24.5 Å². The van der Waals surface area contributed by atoms with Gasteiger partial charge in [-0.3, -0.25) is 14.3 Å². The molecular weight excluding hydrogens is 360 g/mol. The summed E-state index contributed by atoms with van der Waals surface area (Å²) in [6, 6.07) is 2.78. The lowest BCUT2D eigenvalue weighted by Gasteiger charge is -2.34. The van der Waals surface area contributed by atoms with Gasteiger partial charge in [0.1, 0.15) is 11.5 Å². The molecular formula is C17H19F2N5O3. The van der Waals surface area contributed by atoms with Crippen molar-refractivity contribution >= 4 is 11.9 Å². The van der Waals surface area contributed by atoms with Gasteiger partial charge < -0.3 is 10.0 Å². The van der Waals surface area contributed by atoms with Crippen LogP contribution in [0.3, 0.4) is 0 Å². The Kier molecular flexibility index (Phi) is 5.45. The molecule has 0 spiro atoms. The lowest BCUT2D eigenvalue weighted by Crippen LogP contribution is -2.48. The summed E-state index contributed by atoms with van der Waals surface area (Å²) < 4.78 is 26.6. The van der Waals surface area contributed by atoms with Crippen LogP contribution in [0.1, 0.15) is 38.9 Å². The summed E-state index contributed by atoms with van der Waals surface area (Å²) >= 11 is 0. The van der Waals surface area contributed by atoms with Gasteiger partial charge in [0.25, 0.3) is 5.91 Å². The molecule has 0 atom stereocenters. The number of carboxylic acids is 1. The van der Waals surface area contributed by atoms with E-state index in [0.29, 0.717) is 26.2 Å². The molecule has 1 saturated heterocycles. The minimum Gasteiger partial charge on any atom is -0.478 e. The van der Waals surface area contributed by atoms with E-state index < -0.39 is 12.5 Å². The Hall–Kier alpha value is -2.88. The highest BCUT2D eigenvalue weighted by molar-refractivity contribution is 5.94. The number of alkyl halides is 2. The summed E-state index contributed by atoms with van der Waals surface area (Å²) in [5.74, 6) is -1.08. The van der Waals surface area contributed by atoms with Crippen molar-refractivity contribution in [1.82, 2.24) is 24.3 Å². The van der Waals surface area contributed by atoms with Crippen LogP contribution in [0.25, 0.3) is 0 Å². The van der Waals surface area contributed by atoms with E-state index in [2.05, 4.69) is 9.97 Å². The largest absolute Gasteiger partial charge is 0.478 e. The maximum Gasteiger partial charge on any atom is 0.337 e. The van der Waals surface area contributed by atoms with Gasteiger partial charge in [0.2, 0.25) is 0 Å². The average molecular weight is 379 g/mol. The van der Waals surface area contributed by atoms with Crippen molar-refractivity contribution < 1.29 is 23.5 Å². The molecule has 0 unspecified atom stereocenters. The summed E-state index contributed by atoms with van der Waals surface area (Å²) in [6.07, 6.45) is 2.59. The van der Waals surface area contributed by atoms with Gasteiger partial charge in [0.15, 0.2) is 0 Å². The van der Waals surface area contributed by atoms with Crippen LogP contribution in [0.5, 0.6) is 0 Å². The van der Waals surface area contributed by atoms with Crippen LogP contribution in [-0.4, -0.2) is 67.5 Å².